The van der Waals surface area contributed by atoms with Crippen molar-refractivity contribution in [2.24, 2.45) is 28.2 Å². The number of nitrogens with one attached hydrogen (secondary N) is 2. The number of aryl methyl sites for hydroxylation is 1. The summed E-state index contributed by atoms with van der Waals surface area (Å²) in [7, 11) is 1.66. The van der Waals surface area contributed by atoms with Crippen LogP contribution in [0.15, 0.2) is 46.9 Å². The van der Waals surface area contributed by atoms with E-state index in [9.17, 15) is 23.6 Å². The van der Waals surface area contributed by atoms with Gasteiger partial charge in [0.25, 0.3) is 5.91 Å². The van der Waals surface area contributed by atoms with E-state index in [0.717, 1.165) is 39.0 Å². The van der Waals surface area contributed by atoms with Crippen molar-refractivity contribution < 1.29 is 37.8 Å². The maximum atomic E-state index is 14.8. The van der Waals surface area contributed by atoms with Crippen LogP contribution < -0.4 is 10.7 Å². The Kier molecular flexibility index (Phi) is 14.0. The molecule has 16 heteroatoms. The number of aromatic nitrogens is 2. The van der Waals surface area contributed by atoms with E-state index in [0.29, 0.717) is 43.1 Å². The van der Waals surface area contributed by atoms with Gasteiger partial charge in [-0.2, -0.15) is 0 Å². The molecule has 340 valence electrons. The Morgan fingerprint density at radius 1 is 1.21 bits per heavy atom. The molecule has 3 amide bonds. The lowest BCUT2D eigenvalue weighted by Crippen LogP contribution is -2.61. The van der Waals surface area contributed by atoms with Crippen LogP contribution in [0.3, 0.4) is 0 Å². The molecule has 4 aliphatic rings. The number of ether oxygens (including phenoxy) is 3. The van der Waals surface area contributed by atoms with Crippen molar-refractivity contribution in [2.45, 2.75) is 111 Å². The number of allylic oxidation sites excluding steroid dienone is 2. The predicted octanol–water partition coefficient (Wildman–Crippen LogP) is 6.44. The van der Waals surface area contributed by atoms with Crippen LogP contribution in [0.2, 0.25) is 0 Å². The first-order chi connectivity index (χ1) is 30.2. The lowest BCUT2D eigenvalue weighted by atomic mass is 9.84. The molecule has 2 aromatic heterocycles. The molecular formula is C47H62FN7O7S. The minimum absolute atomic E-state index is 0.0212. The summed E-state index contributed by atoms with van der Waals surface area (Å²) in [5.41, 5.74) is 8.65. The molecule has 1 aromatic carbocycles. The first kappa shape index (κ1) is 46.2. The SMILES string of the molecule is C=C/C(=C(\N=C/C)[C@H](C)OC)c1c2c3cc(ccc3n1CC)-c1csc(n1)[C@@H](OCC)[C@H](NC(=O)[C@@H]1[C@@H](C)[C@H]1C(=O)N1CC[C@H](F)C1)C(=O)N1CCC[C@H](N1)C(=O)OCC(C)(C)C2. The molecule has 8 atom stereocenters. The number of aliphatic imine (C=N–C) groups is 1. The third kappa shape index (κ3) is 9.27. The van der Waals surface area contributed by atoms with Gasteiger partial charge in [0.1, 0.15) is 29.4 Å². The van der Waals surface area contributed by atoms with E-state index in [1.54, 1.807) is 13.3 Å². The van der Waals surface area contributed by atoms with E-state index >= 15 is 0 Å². The average Bonchev–Trinajstić information content (AvgIpc) is 3.61. The first-order valence-corrected chi connectivity index (χ1v) is 23.1. The van der Waals surface area contributed by atoms with Gasteiger partial charge in [-0.3, -0.25) is 29.2 Å². The number of cyclic esters (lactones) is 1. The third-order valence-electron chi connectivity index (χ3n) is 12.9. The maximum Gasteiger partial charge on any atom is 0.324 e. The van der Waals surface area contributed by atoms with Gasteiger partial charge in [0.2, 0.25) is 11.8 Å². The fourth-order valence-corrected chi connectivity index (χ4v) is 10.4. The van der Waals surface area contributed by atoms with Crippen molar-refractivity contribution in [2.75, 3.05) is 40.0 Å². The highest BCUT2D eigenvalue weighted by Crippen LogP contribution is 2.48. The number of nitrogens with zero attached hydrogens (tertiary/aromatic N) is 5. The van der Waals surface area contributed by atoms with Crippen molar-refractivity contribution in [1.29, 1.82) is 0 Å². The number of hydrogen-bond acceptors (Lipinski definition) is 11. The number of benzene rings is 1. The van der Waals surface area contributed by atoms with E-state index in [2.05, 4.69) is 54.8 Å². The second-order valence-corrected chi connectivity index (χ2v) is 18.7. The maximum absolute atomic E-state index is 14.8. The molecule has 7 rings (SSSR count). The summed E-state index contributed by atoms with van der Waals surface area (Å²) in [5, 5.41) is 7.76. The number of carbonyl (C=O) groups excluding carboxylic acids is 4. The van der Waals surface area contributed by atoms with Crippen LogP contribution in [0, 0.1) is 23.2 Å². The number of methoxy groups -OCH3 is 1. The normalized spacial score (nSPS) is 27.2. The smallest absolute Gasteiger partial charge is 0.324 e. The number of likely N-dealkylation sites (tertiary alicyclic amines) is 1. The summed E-state index contributed by atoms with van der Waals surface area (Å²) >= 11 is 1.33. The number of rotatable bonds is 11. The molecule has 14 nitrogen and oxygen atoms in total. The largest absolute Gasteiger partial charge is 0.464 e. The van der Waals surface area contributed by atoms with Gasteiger partial charge in [0, 0.05) is 72.4 Å². The highest BCUT2D eigenvalue weighted by atomic mass is 32.1. The summed E-state index contributed by atoms with van der Waals surface area (Å²) in [5.74, 6) is -3.32. The van der Waals surface area contributed by atoms with E-state index < -0.39 is 59.4 Å². The molecule has 0 spiro atoms. The first-order valence-electron chi connectivity index (χ1n) is 22.2. The Bertz CT molecular complexity index is 2300. The van der Waals surface area contributed by atoms with Crippen LogP contribution in [-0.2, 0) is 46.4 Å². The van der Waals surface area contributed by atoms with Crippen molar-refractivity contribution in [3.63, 3.8) is 0 Å². The number of thiazole rings is 1. The van der Waals surface area contributed by atoms with Crippen molar-refractivity contribution >= 4 is 57.7 Å². The standard InChI is InChI=1S/C47H62FN7O7S/c1-10-30(38(49-11-2)27(6)60-9)40-32-22-47(7,8)25-62-46(59)33-15-14-19-55(52-33)45(58)39(51-42(56)36-26(5)37(36)44(57)53-20-18-29(48)23-53)41(61-13-4)43-50-34(24-63-43)28-16-17-35(31(32)21-28)54(40)12-3/h10-11,16-17,21,24,26-27,29,33,36-37,39,41,52H,1,12-15,18-20,22-23,25H2,2-9H3,(H,51,56)/b38-30+,49-11-/t26-,27+,29+,33+,36-,37-,39+,41+/m1/s1. The molecule has 63 heavy (non-hydrogen) atoms. The monoisotopic (exact) mass is 887 g/mol. The molecular weight excluding hydrogens is 826 g/mol. The van der Waals surface area contributed by atoms with Gasteiger partial charge in [-0.05, 0) is 77.0 Å². The number of carbonyl (C=O) groups is 4. The number of hydrogen-bond donors (Lipinski definition) is 2. The lowest BCUT2D eigenvalue weighted by molar-refractivity contribution is -0.156. The third-order valence-corrected chi connectivity index (χ3v) is 13.8. The van der Waals surface area contributed by atoms with Crippen LogP contribution in [0.1, 0.15) is 90.1 Å². The molecule has 6 bridgehead atoms. The number of alkyl halides is 1. The van der Waals surface area contributed by atoms with Gasteiger partial charge in [0.05, 0.1) is 48.2 Å². The summed E-state index contributed by atoms with van der Waals surface area (Å²) < 4.78 is 34.6. The number of halogens is 1. The van der Waals surface area contributed by atoms with Crippen LogP contribution in [0.5, 0.6) is 0 Å². The van der Waals surface area contributed by atoms with Gasteiger partial charge in [-0.1, -0.05) is 39.5 Å². The topological polar surface area (TPSA) is 157 Å². The summed E-state index contributed by atoms with van der Waals surface area (Å²) in [6.07, 6.45) is 2.92. The minimum atomic E-state index is -1.27. The van der Waals surface area contributed by atoms with E-state index in [1.807, 2.05) is 45.2 Å². The molecule has 2 saturated heterocycles. The van der Waals surface area contributed by atoms with Gasteiger partial charge >= 0.3 is 5.97 Å². The molecule has 1 aliphatic carbocycles. The molecule has 3 fully saturated rings. The molecule has 3 aromatic rings. The second kappa shape index (κ2) is 19.1. The zero-order valence-electron chi connectivity index (χ0n) is 37.7. The minimum Gasteiger partial charge on any atom is -0.464 e. The number of esters is 1. The molecule has 5 heterocycles. The second-order valence-electron chi connectivity index (χ2n) is 17.8. The fourth-order valence-electron chi connectivity index (χ4n) is 9.47. The quantitative estimate of drug-likeness (QED) is 0.126. The fraction of sp³-hybridized carbons (Fsp3) is 0.574. The molecule has 1 saturated carbocycles. The predicted molar refractivity (Wildman–Crippen MR) is 241 cm³/mol. The highest BCUT2D eigenvalue weighted by Gasteiger charge is 2.58. The van der Waals surface area contributed by atoms with Crippen LogP contribution >= 0.6 is 11.3 Å². The summed E-state index contributed by atoms with van der Waals surface area (Å²) in [6.45, 7) is 19.5. The molecule has 0 radical (unpaired) electrons. The molecule has 3 aliphatic heterocycles. The van der Waals surface area contributed by atoms with Crippen LogP contribution in [0.25, 0.3) is 27.7 Å². The Labute approximate surface area is 373 Å². The zero-order valence-corrected chi connectivity index (χ0v) is 38.6. The van der Waals surface area contributed by atoms with Crippen LogP contribution in [-0.4, -0.2) is 114 Å². The number of fused-ring (bicyclic) bond motifs is 6. The van der Waals surface area contributed by atoms with Crippen LogP contribution in [0.4, 0.5) is 4.39 Å². The lowest BCUT2D eigenvalue weighted by Gasteiger charge is -2.37. The Morgan fingerprint density at radius 2 is 1.98 bits per heavy atom. The Hall–Kier alpha value is -4.77. The zero-order chi connectivity index (χ0) is 45.3. The van der Waals surface area contributed by atoms with Crippen molar-refractivity contribution in [1.82, 2.24) is 30.2 Å². The van der Waals surface area contributed by atoms with Gasteiger partial charge in [-0.15, -0.1) is 11.3 Å². The summed E-state index contributed by atoms with van der Waals surface area (Å²) in [6, 6.07) is 4.16. The summed E-state index contributed by atoms with van der Waals surface area (Å²) in [4.78, 5) is 67.7. The number of hydrazine groups is 1. The highest BCUT2D eigenvalue weighted by molar-refractivity contribution is 7.10. The molecule has 2 N–H and O–H groups in total. The van der Waals surface area contributed by atoms with Gasteiger partial charge in [-0.25, -0.2) is 14.8 Å². The van der Waals surface area contributed by atoms with Gasteiger partial charge < -0.3 is 29.0 Å². The Morgan fingerprint density at radius 3 is 2.65 bits per heavy atom. The van der Waals surface area contributed by atoms with Crippen molar-refractivity contribution in [3.05, 3.63) is 58.2 Å². The number of amides is 3. The van der Waals surface area contributed by atoms with E-state index in [4.69, 9.17) is 24.2 Å². The average molecular weight is 888 g/mol. The van der Waals surface area contributed by atoms with Crippen molar-refractivity contribution in [3.8, 4) is 11.3 Å². The van der Waals surface area contributed by atoms with E-state index in [-0.39, 0.29) is 50.7 Å². The molecule has 0 unspecified atom stereocenters. The van der Waals surface area contributed by atoms with E-state index in [1.165, 1.54) is 21.2 Å². The Balaban J connectivity index is 1.34. The van der Waals surface area contributed by atoms with Gasteiger partial charge in [0.15, 0.2) is 0 Å².